The van der Waals surface area contributed by atoms with Crippen LogP contribution in [-0.2, 0) is 30.4 Å². The van der Waals surface area contributed by atoms with Crippen LogP contribution < -0.4 is 21.7 Å². The molecule has 3 rings (SSSR count). The molecule has 0 bridgehead atoms. The van der Waals surface area contributed by atoms with E-state index in [0.717, 1.165) is 27.1 Å². The molecule has 0 aliphatic heterocycles. The van der Waals surface area contributed by atoms with Gasteiger partial charge in [-0.1, -0.05) is 30.3 Å². The first-order chi connectivity index (χ1) is 17.6. The van der Waals surface area contributed by atoms with Crippen LogP contribution in [0.4, 0.5) is 5.69 Å². The fourth-order valence-electron chi connectivity index (χ4n) is 3.95. The number of carboxylic acids is 2. The smallest absolute Gasteiger partial charge is 0.322 e. The SMILES string of the molecule is CC(=O)Nc1ccc2c(c1SC[C@H](NC(=O)CC[C@H](N)C(=O)O)C(=O)NCC(=O)O)Cc1ccccc1-2. The summed E-state index contributed by atoms with van der Waals surface area (Å²) in [5.41, 5.74) is 10.2. The number of hydrogen-bond donors (Lipinski definition) is 6. The first kappa shape index (κ1) is 27.7. The van der Waals surface area contributed by atoms with E-state index in [0.29, 0.717) is 12.1 Å². The Labute approximate surface area is 217 Å². The summed E-state index contributed by atoms with van der Waals surface area (Å²) in [6, 6.07) is 9.29. The fourth-order valence-corrected chi connectivity index (χ4v) is 5.15. The molecule has 11 nitrogen and oxygen atoms in total. The molecule has 0 fully saturated rings. The number of nitrogens with two attached hydrogens (primary N) is 1. The summed E-state index contributed by atoms with van der Waals surface area (Å²) in [5.74, 6) is -4.03. The molecule has 1 aliphatic carbocycles. The van der Waals surface area contributed by atoms with E-state index in [2.05, 4.69) is 16.0 Å². The maximum atomic E-state index is 12.7. The number of nitrogens with one attached hydrogen (secondary N) is 3. The van der Waals surface area contributed by atoms with Crippen molar-refractivity contribution in [2.45, 2.75) is 43.2 Å². The Morgan fingerprint density at radius 1 is 1.05 bits per heavy atom. The normalized spacial score (nSPS) is 13.0. The molecule has 0 radical (unpaired) electrons. The van der Waals surface area contributed by atoms with Gasteiger partial charge < -0.3 is 31.9 Å². The van der Waals surface area contributed by atoms with Crippen LogP contribution in [0, 0.1) is 0 Å². The molecule has 0 saturated carbocycles. The van der Waals surface area contributed by atoms with Crippen molar-refractivity contribution in [1.82, 2.24) is 10.6 Å². The molecule has 2 atom stereocenters. The molecule has 12 heteroatoms. The maximum Gasteiger partial charge on any atom is 0.322 e. The van der Waals surface area contributed by atoms with Crippen LogP contribution >= 0.6 is 11.8 Å². The Morgan fingerprint density at radius 3 is 2.46 bits per heavy atom. The predicted octanol–water partition coefficient (Wildman–Crippen LogP) is 1.19. The standard InChI is InChI=1S/C25H28N4O7S/c1-13(30)28-19-8-6-16-15-5-3-2-4-14(15)10-17(16)23(19)37-12-20(24(34)27-11-22(32)33)29-21(31)9-7-18(26)25(35)36/h2-6,8,18,20H,7,9-12,26H2,1H3,(H,27,34)(H,28,30)(H,29,31)(H,32,33)(H,35,36)/t18-,20-/m0/s1. The largest absolute Gasteiger partial charge is 0.480 e. The van der Waals surface area contributed by atoms with Crippen LogP contribution in [0.2, 0.25) is 0 Å². The summed E-state index contributed by atoms with van der Waals surface area (Å²) in [6.45, 7) is 0.758. The lowest BCUT2D eigenvalue weighted by Gasteiger charge is -2.20. The summed E-state index contributed by atoms with van der Waals surface area (Å²) >= 11 is 1.25. The third-order valence-electron chi connectivity index (χ3n) is 5.71. The van der Waals surface area contributed by atoms with Gasteiger partial charge in [-0.3, -0.25) is 24.0 Å². The van der Waals surface area contributed by atoms with Crippen molar-refractivity contribution in [2.75, 3.05) is 17.6 Å². The van der Waals surface area contributed by atoms with E-state index in [1.807, 2.05) is 30.3 Å². The Bertz CT molecular complexity index is 1230. The summed E-state index contributed by atoms with van der Waals surface area (Å²) in [4.78, 5) is 59.6. The molecule has 3 amide bonds. The van der Waals surface area contributed by atoms with Gasteiger partial charge in [-0.05, 0) is 41.2 Å². The van der Waals surface area contributed by atoms with E-state index in [1.165, 1.54) is 18.7 Å². The van der Waals surface area contributed by atoms with Crippen LogP contribution in [0.15, 0.2) is 41.3 Å². The maximum absolute atomic E-state index is 12.7. The lowest BCUT2D eigenvalue weighted by Crippen LogP contribution is -2.49. The Morgan fingerprint density at radius 2 is 1.78 bits per heavy atom. The van der Waals surface area contributed by atoms with Crippen LogP contribution in [0.1, 0.15) is 30.9 Å². The number of hydrogen-bond acceptors (Lipinski definition) is 7. The molecule has 2 aromatic rings. The van der Waals surface area contributed by atoms with Crippen LogP contribution in [0.25, 0.3) is 11.1 Å². The van der Waals surface area contributed by atoms with E-state index in [9.17, 15) is 24.0 Å². The first-order valence-corrected chi connectivity index (χ1v) is 12.5. The van der Waals surface area contributed by atoms with Crippen molar-refractivity contribution >= 4 is 47.1 Å². The average molecular weight is 529 g/mol. The Balaban J connectivity index is 1.83. The van der Waals surface area contributed by atoms with Gasteiger partial charge in [-0.15, -0.1) is 11.8 Å². The minimum absolute atomic E-state index is 0.0293. The predicted molar refractivity (Wildman–Crippen MR) is 137 cm³/mol. The molecule has 0 aromatic heterocycles. The highest BCUT2D eigenvalue weighted by Gasteiger charge is 2.27. The lowest BCUT2D eigenvalue weighted by atomic mass is 10.1. The molecular formula is C25H28N4O7S. The second kappa shape index (κ2) is 12.4. The van der Waals surface area contributed by atoms with Crippen LogP contribution in [0.3, 0.4) is 0 Å². The number of carbonyl (C=O) groups is 5. The molecule has 0 spiro atoms. The molecule has 2 aromatic carbocycles. The minimum atomic E-state index is -1.25. The van der Waals surface area contributed by atoms with Gasteiger partial charge >= 0.3 is 11.9 Å². The van der Waals surface area contributed by atoms with Crippen molar-refractivity contribution in [2.24, 2.45) is 5.73 Å². The van der Waals surface area contributed by atoms with Gasteiger partial charge in [0.1, 0.15) is 18.6 Å². The number of rotatable bonds is 12. The zero-order chi connectivity index (χ0) is 27.1. The van der Waals surface area contributed by atoms with Crippen LogP contribution in [0.5, 0.6) is 0 Å². The number of fused-ring (bicyclic) bond motifs is 3. The number of carboxylic acid groups (broad SMARTS) is 2. The topological polar surface area (TPSA) is 188 Å². The van der Waals surface area contributed by atoms with Gasteiger partial charge in [0.25, 0.3) is 0 Å². The number of thioether (sulfide) groups is 1. The highest BCUT2D eigenvalue weighted by atomic mass is 32.2. The number of aliphatic carboxylic acids is 2. The van der Waals surface area contributed by atoms with Crippen molar-refractivity contribution < 1.29 is 34.2 Å². The van der Waals surface area contributed by atoms with E-state index in [4.69, 9.17) is 15.9 Å². The van der Waals surface area contributed by atoms with Crippen molar-refractivity contribution in [1.29, 1.82) is 0 Å². The summed E-state index contributed by atoms with van der Waals surface area (Å²) < 4.78 is 0. The molecule has 0 unspecified atom stereocenters. The van der Waals surface area contributed by atoms with Crippen molar-refractivity contribution in [3.8, 4) is 11.1 Å². The second-order valence-electron chi connectivity index (χ2n) is 8.51. The molecule has 1 aliphatic rings. The van der Waals surface area contributed by atoms with Crippen LogP contribution in [-0.4, -0.2) is 64.3 Å². The minimum Gasteiger partial charge on any atom is -0.480 e. The third-order valence-corrected chi connectivity index (χ3v) is 6.96. The summed E-state index contributed by atoms with van der Waals surface area (Å²) in [7, 11) is 0. The first-order valence-electron chi connectivity index (χ1n) is 11.5. The average Bonchev–Trinajstić information content (AvgIpc) is 3.22. The van der Waals surface area contributed by atoms with Gasteiger partial charge in [0.05, 0.1) is 5.69 Å². The van der Waals surface area contributed by atoms with E-state index in [-0.39, 0.29) is 24.5 Å². The van der Waals surface area contributed by atoms with Gasteiger partial charge in [0.2, 0.25) is 17.7 Å². The Hall–Kier alpha value is -3.90. The molecule has 0 heterocycles. The fraction of sp³-hybridized carbons (Fsp3) is 0.320. The van der Waals surface area contributed by atoms with Gasteiger partial charge in [-0.25, -0.2) is 0 Å². The molecule has 37 heavy (non-hydrogen) atoms. The molecule has 196 valence electrons. The van der Waals surface area contributed by atoms with Gasteiger partial charge in [0.15, 0.2) is 0 Å². The van der Waals surface area contributed by atoms with Gasteiger partial charge in [-0.2, -0.15) is 0 Å². The van der Waals surface area contributed by atoms with Gasteiger partial charge in [0, 0.05) is 24.0 Å². The third kappa shape index (κ3) is 7.30. The summed E-state index contributed by atoms with van der Waals surface area (Å²) in [5, 5.41) is 25.5. The highest BCUT2D eigenvalue weighted by Crippen LogP contribution is 2.44. The lowest BCUT2D eigenvalue weighted by molar-refractivity contribution is -0.139. The molecule has 0 saturated heterocycles. The number of anilines is 1. The Kier molecular flexibility index (Phi) is 9.25. The van der Waals surface area contributed by atoms with Crippen molar-refractivity contribution in [3.63, 3.8) is 0 Å². The second-order valence-corrected chi connectivity index (χ2v) is 9.54. The van der Waals surface area contributed by atoms with Crippen molar-refractivity contribution in [3.05, 3.63) is 47.5 Å². The summed E-state index contributed by atoms with van der Waals surface area (Å²) in [6.07, 6.45) is 0.263. The monoisotopic (exact) mass is 528 g/mol. The zero-order valence-electron chi connectivity index (χ0n) is 20.1. The molecule has 7 N–H and O–H groups in total. The highest BCUT2D eigenvalue weighted by molar-refractivity contribution is 7.99. The van der Waals surface area contributed by atoms with E-state index in [1.54, 1.807) is 6.07 Å². The molecular weight excluding hydrogens is 500 g/mol. The van der Waals surface area contributed by atoms with E-state index < -0.39 is 42.4 Å². The number of carbonyl (C=O) groups excluding carboxylic acids is 3. The zero-order valence-corrected chi connectivity index (χ0v) is 20.9. The number of amides is 3. The van der Waals surface area contributed by atoms with E-state index >= 15 is 0 Å². The number of benzene rings is 2. The quantitative estimate of drug-likeness (QED) is 0.188.